The van der Waals surface area contributed by atoms with Crippen LogP contribution in [0.4, 0.5) is 16.6 Å². The Morgan fingerprint density at radius 3 is 1.43 bits per heavy atom. The van der Waals surface area contributed by atoms with Gasteiger partial charge in [0, 0.05) is 18.6 Å². The number of halogens is 6. The van der Waals surface area contributed by atoms with Gasteiger partial charge in [0.25, 0.3) is 0 Å². The Kier molecular flexibility index (Phi) is 26.9. The zero-order valence-electron chi connectivity index (χ0n) is 18.6. The molecule has 0 bridgehead atoms. The Labute approximate surface area is 246 Å². The minimum Gasteiger partial charge on any atom is -0.814 e. The van der Waals surface area contributed by atoms with E-state index in [1.807, 2.05) is 30.6 Å². The van der Waals surface area contributed by atoms with Crippen molar-refractivity contribution in [2.45, 2.75) is 29.7 Å². The Morgan fingerprint density at radius 2 is 1.20 bits per heavy atom. The first-order valence-electron chi connectivity index (χ1n) is 8.69. The summed E-state index contributed by atoms with van der Waals surface area (Å²) in [5.41, 5.74) is 0. The Morgan fingerprint density at radius 1 is 0.850 bits per heavy atom. The number of hydrogen-bond donors (Lipinski definition) is 0. The molecule has 0 unspecified atom stereocenters. The smallest absolute Gasteiger partial charge is 0.168 e. The standard InChI is InChI=1S/C9H12N2.2C2F2N3O2S.2ClH.2O2S.Pd/c10-6-2-5-9-11-7-3-1-4-8-11;2*3-1-5-2(7-6-1)10(4,8)9;;;2*1-3-2;/h1,3-4,6-8H,2,5,9H2;;;2*1H;;;/q;2*-1;;;;;+2/p-2. The number of nitrogens with zero attached hydrogens (tertiary/aromatic N) is 8. The third-order valence-corrected chi connectivity index (χ3v) is 3.99. The van der Waals surface area contributed by atoms with Crippen molar-refractivity contribution in [1.82, 2.24) is 30.4 Å². The number of unbranched alkanes of at least 4 members (excludes halogenated alkanes) is 1. The van der Waals surface area contributed by atoms with Crippen molar-refractivity contribution in [3.8, 4) is 0 Å². The van der Waals surface area contributed by atoms with Gasteiger partial charge in [-0.15, -0.1) is 0 Å². The van der Waals surface area contributed by atoms with Crippen molar-refractivity contribution >= 4 is 68.9 Å². The Bertz CT molecular complexity index is 1310. The fourth-order valence-corrected chi connectivity index (χ4v) is 2.22. The molecule has 0 saturated heterocycles. The van der Waals surface area contributed by atoms with Crippen molar-refractivity contribution in [2.24, 2.45) is 0 Å². The van der Waals surface area contributed by atoms with E-state index < -0.39 is 66.1 Å². The topological polar surface area (TPSA) is 242 Å². The average molecular weight is 790 g/mol. The molecule has 0 aromatic carbocycles. The molecule has 0 aliphatic rings. The van der Waals surface area contributed by atoms with E-state index in [1.165, 1.54) is 6.21 Å². The molecule has 0 aliphatic carbocycles. The molecule has 0 atom stereocenters. The van der Waals surface area contributed by atoms with Crippen LogP contribution in [0.5, 0.6) is 0 Å². The molecule has 16 nitrogen and oxygen atoms in total. The molecule has 0 aliphatic heterocycles. The van der Waals surface area contributed by atoms with Gasteiger partial charge in [-0.1, -0.05) is 20.3 Å². The van der Waals surface area contributed by atoms with Crippen molar-refractivity contribution in [3.63, 3.8) is 0 Å². The Hall–Kier alpha value is -2.40. The minimum absolute atomic E-state index is 0.106. The predicted octanol–water partition coefficient (Wildman–Crippen LogP) is -0.107. The van der Waals surface area contributed by atoms with Gasteiger partial charge in [-0.3, -0.25) is 0 Å². The van der Waals surface area contributed by atoms with Crippen molar-refractivity contribution in [3.05, 3.63) is 48.2 Å². The summed E-state index contributed by atoms with van der Waals surface area (Å²) < 4.78 is 122. The van der Waals surface area contributed by atoms with Gasteiger partial charge in [-0.25, -0.2) is 10.8 Å². The van der Waals surface area contributed by atoms with Crippen LogP contribution in [0.2, 0.25) is 0 Å². The largest absolute Gasteiger partial charge is 0.814 e. The molecule has 0 saturated carbocycles. The molecule has 0 radical (unpaired) electrons. The predicted molar refractivity (Wildman–Crippen MR) is 122 cm³/mol. The first-order chi connectivity index (χ1) is 18.7. The van der Waals surface area contributed by atoms with E-state index in [0.29, 0.717) is 0 Å². The normalized spacial score (nSPS) is 9.65. The van der Waals surface area contributed by atoms with Gasteiger partial charge in [0.2, 0.25) is 0 Å². The molecule has 3 heterocycles. The third-order valence-electron chi connectivity index (χ3n) is 2.77. The first kappa shape index (κ1) is 42.1. The van der Waals surface area contributed by atoms with Crippen molar-refractivity contribution in [1.29, 1.82) is 0 Å². The monoisotopic (exact) mass is 788 g/mol. The quantitative estimate of drug-likeness (QED) is 0.0791. The first-order valence-corrected chi connectivity index (χ1v) is 16.8. The molecule has 0 amide bonds. The van der Waals surface area contributed by atoms with Crippen LogP contribution in [-0.2, 0) is 66.1 Å². The van der Waals surface area contributed by atoms with E-state index in [2.05, 4.69) is 34.9 Å². The SMILES string of the molecule is O=S(=O)(F)c1nnc(F)[n-]1.O=S(=O)(F)c1nnc(F)[n-]1.O=S=O.O=S=O.[Cl][Pd][Cl].[N-]=CCCC[n+]1ccccc1. The molecule has 40 heavy (non-hydrogen) atoms. The van der Waals surface area contributed by atoms with Crippen LogP contribution in [0.15, 0.2) is 40.9 Å². The van der Waals surface area contributed by atoms with E-state index in [-0.39, 0.29) is 15.9 Å². The summed E-state index contributed by atoms with van der Waals surface area (Å²) in [7, 11) is -0.386. The van der Waals surface area contributed by atoms with E-state index >= 15 is 0 Å². The van der Waals surface area contributed by atoms with Crippen molar-refractivity contribution in [2.75, 3.05) is 0 Å². The summed E-state index contributed by atoms with van der Waals surface area (Å²) in [6.45, 7) is 0.970. The maximum Gasteiger partial charge on any atom is 0.168 e. The molecular formula is C13H12Cl2F4N8O8PdS4-2. The fraction of sp³-hybridized carbons (Fsp3) is 0.231. The number of rotatable bonds is 6. The third kappa shape index (κ3) is 25.9. The van der Waals surface area contributed by atoms with Gasteiger partial charge in [0.05, 0.1) is 0 Å². The van der Waals surface area contributed by atoms with Crippen LogP contribution in [0.1, 0.15) is 12.8 Å². The molecule has 0 N–H and O–H groups in total. The Balaban J connectivity index is -0.000000447. The maximum atomic E-state index is 11.8. The zero-order chi connectivity index (χ0) is 31.6. The van der Waals surface area contributed by atoms with Gasteiger partial charge in [0.1, 0.15) is 16.9 Å². The summed E-state index contributed by atoms with van der Waals surface area (Å²) in [4.78, 5) is 5.06. The van der Waals surface area contributed by atoms with Gasteiger partial charge in [0.15, 0.2) is 24.6 Å². The van der Waals surface area contributed by atoms with Gasteiger partial charge in [-0.05, 0) is 0 Å². The molecule has 27 heteroatoms. The van der Waals surface area contributed by atoms with Crippen molar-refractivity contribution < 1.29 is 70.7 Å². The number of pyridine rings is 1. The van der Waals surface area contributed by atoms with Crippen LogP contribution in [0.25, 0.3) is 5.41 Å². The number of hydrogen-bond acceptors (Lipinski definition) is 12. The van der Waals surface area contributed by atoms with Gasteiger partial charge in [-0.2, -0.15) is 42.5 Å². The van der Waals surface area contributed by atoms with Crippen LogP contribution >= 0.6 is 19.1 Å². The number of aryl methyl sites for hydroxylation is 1. The molecule has 0 fully saturated rings. The molecule has 3 aromatic rings. The fourth-order valence-electron chi connectivity index (χ4n) is 1.57. The summed E-state index contributed by atoms with van der Waals surface area (Å²) in [5, 5.41) is 16.2. The van der Waals surface area contributed by atoms with E-state index in [1.54, 1.807) is 0 Å². The van der Waals surface area contributed by atoms with Crippen LogP contribution < -0.4 is 14.5 Å². The van der Waals surface area contributed by atoms with E-state index in [9.17, 15) is 33.4 Å². The molecule has 3 aromatic heterocycles. The zero-order valence-corrected chi connectivity index (χ0v) is 25.0. The molecule has 230 valence electrons. The minimum atomic E-state index is -5.01. The summed E-state index contributed by atoms with van der Waals surface area (Å²) in [6.07, 6.45) is 4.29. The summed E-state index contributed by atoms with van der Waals surface area (Å²) in [6, 6.07) is 6.00. The van der Waals surface area contributed by atoms with Crippen LogP contribution in [-0.4, -0.2) is 60.3 Å². The van der Waals surface area contributed by atoms with E-state index in [4.69, 9.17) is 41.3 Å². The molecular weight excluding hydrogens is 778 g/mol. The second kappa shape index (κ2) is 25.6. The van der Waals surface area contributed by atoms with Gasteiger partial charge < -0.3 is 35.8 Å². The second-order valence-corrected chi connectivity index (χ2v) is 10.3. The average Bonchev–Trinajstić information content (AvgIpc) is 3.51. The maximum absolute atomic E-state index is 11.8. The van der Waals surface area contributed by atoms with Gasteiger partial charge >= 0.3 is 78.6 Å². The summed E-state index contributed by atoms with van der Waals surface area (Å²) >= 11 is -1.61. The van der Waals surface area contributed by atoms with E-state index in [0.717, 1.165) is 19.4 Å². The summed E-state index contributed by atoms with van der Waals surface area (Å²) in [5.74, 6) is 0. The molecule has 0 spiro atoms. The van der Waals surface area contributed by atoms with Crippen LogP contribution in [0.3, 0.4) is 0 Å². The number of aromatic nitrogens is 7. The second-order valence-electron chi connectivity index (χ2n) is 5.22. The molecule has 3 rings (SSSR count). The van der Waals surface area contributed by atoms with Crippen LogP contribution in [0, 0.1) is 12.2 Å².